The molecule has 78 valence electrons. The highest BCUT2D eigenvalue weighted by Crippen LogP contribution is 2.12. The van der Waals surface area contributed by atoms with Crippen LogP contribution in [0, 0.1) is 0 Å². The average molecular weight is 218 g/mol. The zero-order chi connectivity index (χ0) is 10.8. The van der Waals surface area contributed by atoms with Crippen LogP contribution in [0.3, 0.4) is 0 Å². The number of halogens is 1. The maximum absolute atomic E-state index is 11.2. The van der Waals surface area contributed by atoms with Crippen LogP contribution >= 0.6 is 11.6 Å². The van der Waals surface area contributed by atoms with Crippen LogP contribution in [-0.2, 0) is 4.74 Å². The van der Waals surface area contributed by atoms with Gasteiger partial charge in [-0.25, -0.2) is 4.79 Å². The molecular weight excluding hydrogens is 206 g/mol. The van der Waals surface area contributed by atoms with Gasteiger partial charge in [0, 0.05) is 6.07 Å². The monoisotopic (exact) mass is 217 g/mol. The molecule has 1 amide bonds. The normalized spacial score (nSPS) is 11.1. The Morgan fingerprint density at radius 3 is 2.71 bits per heavy atom. The molecule has 1 heterocycles. The Labute approximate surface area is 86.8 Å². The molecule has 0 unspecified atom stereocenters. The predicted molar refractivity (Wildman–Crippen MR) is 53.5 cm³/mol. The van der Waals surface area contributed by atoms with E-state index in [2.05, 4.69) is 15.5 Å². The molecule has 5 nitrogen and oxygen atoms in total. The van der Waals surface area contributed by atoms with Crippen molar-refractivity contribution >= 4 is 23.5 Å². The summed E-state index contributed by atoms with van der Waals surface area (Å²) >= 11 is 5.57. The summed E-state index contributed by atoms with van der Waals surface area (Å²) in [6.45, 7) is 5.35. The minimum atomic E-state index is -0.555. The lowest BCUT2D eigenvalue weighted by molar-refractivity contribution is 0.0635. The number of anilines is 1. The number of aromatic nitrogens is 2. The Morgan fingerprint density at radius 1 is 1.64 bits per heavy atom. The average Bonchev–Trinajstić information content (AvgIpc) is 2.30. The van der Waals surface area contributed by atoms with Gasteiger partial charge in [-0.15, -0.1) is 0 Å². The molecule has 2 N–H and O–H groups in total. The summed E-state index contributed by atoms with van der Waals surface area (Å²) in [5.74, 6) is 0.337. The van der Waals surface area contributed by atoms with Crippen LogP contribution in [0.5, 0.6) is 0 Å². The van der Waals surface area contributed by atoms with Gasteiger partial charge in [0.15, 0.2) is 5.82 Å². The second kappa shape index (κ2) is 3.88. The summed E-state index contributed by atoms with van der Waals surface area (Å²) in [6.07, 6.45) is -0.555. The van der Waals surface area contributed by atoms with E-state index in [-0.39, 0.29) is 0 Å². The molecular formula is C8H12ClN3O2. The standard InChI is InChI=1S/C8H12ClN3O2/c1-8(2,3)14-7(13)10-6-4-5(9)11-12-6/h4H,1-3H3,(H2,10,11,12,13). The summed E-state index contributed by atoms with van der Waals surface area (Å²) in [5.41, 5.74) is -0.524. The molecule has 1 aromatic heterocycles. The number of ether oxygens (including phenoxy) is 1. The van der Waals surface area contributed by atoms with Crippen LogP contribution in [0.25, 0.3) is 0 Å². The molecule has 6 heteroatoms. The van der Waals surface area contributed by atoms with Crippen molar-refractivity contribution in [2.45, 2.75) is 26.4 Å². The van der Waals surface area contributed by atoms with Crippen molar-refractivity contribution in [1.29, 1.82) is 0 Å². The topological polar surface area (TPSA) is 67.0 Å². The van der Waals surface area contributed by atoms with Crippen molar-refractivity contribution in [3.05, 3.63) is 11.2 Å². The van der Waals surface area contributed by atoms with Gasteiger partial charge < -0.3 is 4.74 Å². The van der Waals surface area contributed by atoms with Crippen LogP contribution in [0.1, 0.15) is 20.8 Å². The van der Waals surface area contributed by atoms with E-state index in [9.17, 15) is 4.79 Å². The lowest BCUT2D eigenvalue weighted by Gasteiger charge is -2.18. The number of hydrogen-bond donors (Lipinski definition) is 2. The first-order chi connectivity index (χ1) is 6.37. The van der Waals surface area contributed by atoms with Crippen molar-refractivity contribution in [3.63, 3.8) is 0 Å². The van der Waals surface area contributed by atoms with Gasteiger partial charge in [-0.3, -0.25) is 10.4 Å². The summed E-state index contributed by atoms with van der Waals surface area (Å²) < 4.78 is 5.00. The Bertz CT molecular complexity index is 330. The van der Waals surface area contributed by atoms with Crippen molar-refractivity contribution in [2.75, 3.05) is 5.32 Å². The number of hydrogen-bond acceptors (Lipinski definition) is 3. The molecule has 1 rings (SSSR count). The summed E-state index contributed by atoms with van der Waals surface area (Å²) in [7, 11) is 0. The zero-order valence-electron chi connectivity index (χ0n) is 8.22. The van der Waals surface area contributed by atoms with E-state index in [1.54, 1.807) is 20.8 Å². The molecule has 0 saturated heterocycles. The highest BCUT2D eigenvalue weighted by Gasteiger charge is 2.16. The van der Waals surface area contributed by atoms with Gasteiger partial charge in [0.2, 0.25) is 0 Å². The molecule has 0 atom stereocenters. The third-order valence-electron chi connectivity index (χ3n) is 1.18. The van der Waals surface area contributed by atoms with Crippen molar-refractivity contribution in [2.24, 2.45) is 0 Å². The van der Waals surface area contributed by atoms with E-state index in [0.29, 0.717) is 11.0 Å². The maximum atomic E-state index is 11.2. The van der Waals surface area contributed by atoms with Gasteiger partial charge >= 0.3 is 6.09 Å². The summed E-state index contributed by atoms with van der Waals surface area (Å²) in [5, 5.41) is 8.99. The smallest absolute Gasteiger partial charge is 0.413 e. The molecule has 0 aromatic carbocycles. The Balaban J connectivity index is 2.50. The zero-order valence-corrected chi connectivity index (χ0v) is 8.97. The number of aromatic amines is 1. The Morgan fingerprint density at radius 2 is 2.29 bits per heavy atom. The third-order valence-corrected chi connectivity index (χ3v) is 1.37. The number of nitrogens with one attached hydrogen (secondary N) is 2. The number of nitrogens with zero attached hydrogens (tertiary/aromatic N) is 1. The van der Waals surface area contributed by atoms with Crippen molar-refractivity contribution in [1.82, 2.24) is 10.2 Å². The molecule has 0 spiro atoms. The fraction of sp³-hybridized carbons (Fsp3) is 0.500. The highest BCUT2D eigenvalue weighted by atomic mass is 35.5. The first kappa shape index (κ1) is 10.8. The number of H-pyrrole nitrogens is 1. The van der Waals surface area contributed by atoms with Gasteiger partial charge in [-0.05, 0) is 20.8 Å². The molecule has 0 radical (unpaired) electrons. The van der Waals surface area contributed by atoms with Crippen LogP contribution in [-0.4, -0.2) is 21.9 Å². The van der Waals surface area contributed by atoms with E-state index < -0.39 is 11.7 Å². The number of carbonyl (C=O) groups excluding carboxylic acids is 1. The van der Waals surface area contributed by atoms with Crippen molar-refractivity contribution < 1.29 is 9.53 Å². The Hall–Kier alpha value is -1.23. The quantitative estimate of drug-likeness (QED) is 0.759. The molecule has 0 aliphatic rings. The van der Waals surface area contributed by atoms with Crippen LogP contribution < -0.4 is 5.32 Å². The lowest BCUT2D eigenvalue weighted by Crippen LogP contribution is -2.27. The number of rotatable bonds is 1. The van der Waals surface area contributed by atoms with Crippen LogP contribution in [0.15, 0.2) is 6.07 Å². The van der Waals surface area contributed by atoms with Crippen LogP contribution in [0.4, 0.5) is 10.6 Å². The Kier molecular flexibility index (Phi) is 3.00. The van der Waals surface area contributed by atoms with Gasteiger partial charge in [0.05, 0.1) is 0 Å². The van der Waals surface area contributed by atoms with Gasteiger partial charge in [0.25, 0.3) is 0 Å². The molecule has 0 aliphatic carbocycles. The van der Waals surface area contributed by atoms with E-state index in [4.69, 9.17) is 16.3 Å². The highest BCUT2D eigenvalue weighted by molar-refractivity contribution is 6.29. The first-order valence-corrected chi connectivity index (χ1v) is 4.45. The fourth-order valence-electron chi connectivity index (χ4n) is 0.770. The van der Waals surface area contributed by atoms with Gasteiger partial charge in [0.1, 0.15) is 10.8 Å². The second-order valence-electron chi connectivity index (χ2n) is 3.73. The fourth-order valence-corrected chi connectivity index (χ4v) is 0.916. The van der Waals surface area contributed by atoms with E-state index in [1.807, 2.05) is 0 Å². The summed E-state index contributed by atoms with van der Waals surface area (Å²) in [4.78, 5) is 11.2. The molecule has 0 saturated carbocycles. The molecule has 14 heavy (non-hydrogen) atoms. The molecule has 0 bridgehead atoms. The van der Waals surface area contributed by atoms with Gasteiger partial charge in [-0.2, -0.15) is 5.10 Å². The summed E-state index contributed by atoms with van der Waals surface area (Å²) in [6, 6.07) is 1.49. The second-order valence-corrected chi connectivity index (χ2v) is 4.14. The minimum absolute atomic E-state index is 0.337. The number of amides is 1. The van der Waals surface area contributed by atoms with E-state index >= 15 is 0 Å². The van der Waals surface area contributed by atoms with Gasteiger partial charge in [-0.1, -0.05) is 11.6 Å². The lowest BCUT2D eigenvalue weighted by atomic mass is 10.2. The number of carbonyl (C=O) groups is 1. The van der Waals surface area contributed by atoms with E-state index in [1.165, 1.54) is 6.07 Å². The predicted octanol–water partition coefficient (Wildman–Crippen LogP) is 2.41. The van der Waals surface area contributed by atoms with Crippen LogP contribution in [0.2, 0.25) is 5.15 Å². The first-order valence-electron chi connectivity index (χ1n) is 4.08. The third kappa shape index (κ3) is 3.66. The molecule has 0 aliphatic heterocycles. The SMILES string of the molecule is CC(C)(C)OC(=O)Nc1cc(Cl)[nH]n1. The minimum Gasteiger partial charge on any atom is -0.444 e. The molecule has 0 fully saturated rings. The maximum Gasteiger partial charge on any atom is 0.413 e. The van der Waals surface area contributed by atoms with E-state index in [0.717, 1.165) is 0 Å². The molecule has 1 aromatic rings. The van der Waals surface area contributed by atoms with Crippen molar-refractivity contribution in [3.8, 4) is 0 Å². The largest absolute Gasteiger partial charge is 0.444 e.